The molecule has 17 heavy (non-hydrogen) atoms. The highest BCUT2D eigenvalue weighted by Gasteiger charge is 1.94. The summed E-state index contributed by atoms with van der Waals surface area (Å²) in [4.78, 5) is 0. The Labute approximate surface area is 108 Å². The Morgan fingerprint density at radius 3 is 1.65 bits per heavy atom. The lowest BCUT2D eigenvalue weighted by Crippen LogP contribution is -1.94. The van der Waals surface area contributed by atoms with Crippen LogP contribution in [-0.4, -0.2) is 11.4 Å². The minimum atomic E-state index is 1.09. The summed E-state index contributed by atoms with van der Waals surface area (Å²) in [7, 11) is 0. The summed E-state index contributed by atoms with van der Waals surface area (Å²) in [6, 6.07) is 0. The molecule has 0 N–H and O–H groups in total. The summed E-state index contributed by atoms with van der Waals surface area (Å²) < 4.78 is 0. The average molecular weight is 238 g/mol. The van der Waals surface area contributed by atoms with Crippen LogP contribution in [0.25, 0.3) is 0 Å². The molecular formula is C15H30N2. The van der Waals surface area contributed by atoms with Crippen molar-refractivity contribution in [3.05, 3.63) is 0 Å². The standard InChI is InChI=1S/C15H30N2/c1-5-7-9-10-11-13-15(4)17-16-14(3)12-8-6-2/h5-13H2,1-4H3/b16-14-,17-15-. The average Bonchev–Trinajstić information content (AvgIpc) is 2.33. The molecule has 0 aliphatic carbocycles. The van der Waals surface area contributed by atoms with Crippen LogP contribution in [0.1, 0.15) is 85.5 Å². The van der Waals surface area contributed by atoms with Crippen molar-refractivity contribution in [3.8, 4) is 0 Å². The molecular weight excluding hydrogens is 208 g/mol. The zero-order valence-corrected chi connectivity index (χ0v) is 12.3. The molecule has 2 nitrogen and oxygen atoms in total. The third kappa shape index (κ3) is 11.6. The minimum Gasteiger partial charge on any atom is -0.161 e. The Bertz CT molecular complexity index is 229. The van der Waals surface area contributed by atoms with Crippen LogP contribution in [0.3, 0.4) is 0 Å². The van der Waals surface area contributed by atoms with E-state index in [2.05, 4.69) is 37.9 Å². The number of unbranched alkanes of at least 4 members (excludes halogenated alkanes) is 5. The number of hydrogen-bond acceptors (Lipinski definition) is 2. The van der Waals surface area contributed by atoms with Crippen molar-refractivity contribution in [2.45, 2.75) is 85.5 Å². The molecule has 0 spiro atoms. The molecule has 0 aliphatic rings. The van der Waals surface area contributed by atoms with Crippen LogP contribution in [0.4, 0.5) is 0 Å². The minimum absolute atomic E-state index is 1.09. The molecule has 0 saturated heterocycles. The van der Waals surface area contributed by atoms with Crippen LogP contribution >= 0.6 is 0 Å². The Kier molecular flexibility index (Phi) is 11.4. The highest BCUT2D eigenvalue weighted by atomic mass is 15.2. The van der Waals surface area contributed by atoms with E-state index in [1.807, 2.05) is 0 Å². The Morgan fingerprint density at radius 2 is 1.12 bits per heavy atom. The van der Waals surface area contributed by atoms with Crippen LogP contribution in [0.2, 0.25) is 0 Å². The number of nitrogens with zero attached hydrogens (tertiary/aromatic N) is 2. The maximum absolute atomic E-state index is 4.30. The molecule has 0 amide bonds. The second-order valence-corrected chi connectivity index (χ2v) is 4.94. The van der Waals surface area contributed by atoms with Gasteiger partial charge in [0, 0.05) is 11.4 Å². The molecule has 0 aromatic rings. The molecule has 0 atom stereocenters. The molecule has 0 aromatic heterocycles. The summed E-state index contributed by atoms with van der Waals surface area (Å²) in [5.41, 5.74) is 2.34. The fraction of sp³-hybridized carbons (Fsp3) is 0.867. The fourth-order valence-corrected chi connectivity index (χ4v) is 1.69. The first-order chi connectivity index (χ1) is 8.20. The molecule has 0 unspecified atom stereocenters. The van der Waals surface area contributed by atoms with Crippen molar-refractivity contribution in [1.29, 1.82) is 0 Å². The molecule has 0 heterocycles. The van der Waals surface area contributed by atoms with Crippen molar-refractivity contribution in [2.24, 2.45) is 10.2 Å². The van der Waals surface area contributed by atoms with E-state index in [0.717, 1.165) is 18.6 Å². The van der Waals surface area contributed by atoms with E-state index in [0.29, 0.717) is 0 Å². The maximum Gasteiger partial charge on any atom is 0.0375 e. The van der Waals surface area contributed by atoms with E-state index in [1.165, 1.54) is 50.7 Å². The third-order valence-electron chi connectivity index (χ3n) is 2.93. The van der Waals surface area contributed by atoms with Crippen LogP contribution in [0.5, 0.6) is 0 Å². The van der Waals surface area contributed by atoms with Crippen molar-refractivity contribution >= 4 is 11.4 Å². The Morgan fingerprint density at radius 1 is 0.647 bits per heavy atom. The zero-order chi connectivity index (χ0) is 12.9. The van der Waals surface area contributed by atoms with Crippen molar-refractivity contribution in [2.75, 3.05) is 0 Å². The van der Waals surface area contributed by atoms with Gasteiger partial charge < -0.3 is 0 Å². The normalized spacial score (nSPS) is 13.2. The summed E-state index contributed by atoms with van der Waals surface area (Å²) in [6.45, 7) is 8.63. The zero-order valence-electron chi connectivity index (χ0n) is 12.3. The van der Waals surface area contributed by atoms with Crippen molar-refractivity contribution in [3.63, 3.8) is 0 Å². The maximum atomic E-state index is 4.30. The van der Waals surface area contributed by atoms with Crippen molar-refractivity contribution < 1.29 is 0 Å². The van der Waals surface area contributed by atoms with Gasteiger partial charge in [0.2, 0.25) is 0 Å². The Balaban J connectivity index is 3.69. The first-order valence-corrected chi connectivity index (χ1v) is 7.27. The van der Waals surface area contributed by atoms with Gasteiger partial charge in [0.1, 0.15) is 0 Å². The fourth-order valence-electron chi connectivity index (χ4n) is 1.69. The van der Waals surface area contributed by atoms with Gasteiger partial charge in [-0.1, -0.05) is 46.0 Å². The Hall–Kier alpha value is -0.660. The van der Waals surface area contributed by atoms with Gasteiger partial charge in [-0.05, 0) is 39.5 Å². The first kappa shape index (κ1) is 16.3. The smallest absolute Gasteiger partial charge is 0.0375 e. The first-order valence-electron chi connectivity index (χ1n) is 7.27. The van der Waals surface area contributed by atoms with Gasteiger partial charge in [0.15, 0.2) is 0 Å². The summed E-state index contributed by atoms with van der Waals surface area (Å²) in [6.07, 6.45) is 11.3. The summed E-state index contributed by atoms with van der Waals surface area (Å²) >= 11 is 0. The van der Waals surface area contributed by atoms with E-state index < -0.39 is 0 Å². The molecule has 100 valence electrons. The van der Waals surface area contributed by atoms with Crippen LogP contribution in [0, 0.1) is 0 Å². The van der Waals surface area contributed by atoms with E-state index in [1.54, 1.807) is 0 Å². The van der Waals surface area contributed by atoms with Gasteiger partial charge in [-0.3, -0.25) is 0 Å². The molecule has 0 rings (SSSR count). The lowest BCUT2D eigenvalue weighted by molar-refractivity contribution is 0.642. The van der Waals surface area contributed by atoms with Gasteiger partial charge in [-0.25, -0.2) is 0 Å². The molecule has 0 fully saturated rings. The third-order valence-corrected chi connectivity index (χ3v) is 2.93. The molecule has 2 heteroatoms. The quantitative estimate of drug-likeness (QED) is 0.277. The second kappa shape index (κ2) is 11.8. The van der Waals surface area contributed by atoms with Gasteiger partial charge in [-0.15, -0.1) is 0 Å². The van der Waals surface area contributed by atoms with Gasteiger partial charge in [-0.2, -0.15) is 10.2 Å². The van der Waals surface area contributed by atoms with Crippen molar-refractivity contribution in [1.82, 2.24) is 0 Å². The predicted octanol–water partition coefficient (Wildman–Crippen LogP) is 5.37. The lowest BCUT2D eigenvalue weighted by atomic mass is 10.1. The van der Waals surface area contributed by atoms with Crippen LogP contribution in [0.15, 0.2) is 10.2 Å². The summed E-state index contributed by atoms with van der Waals surface area (Å²) in [5.74, 6) is 0. The molecule has 0 radical (unpaired) electrons. The lowest BCUT2D eigenvalue weighted by Gasteiger charge is -2.00. The monoisotopic (exact) mass is 238 g/mol. The summed E-state index contributed by atoms with van der Waals surface area (Å²) in [5, 5.41) is 8.58. The topological polar surface area (TPSA) is 24.7 Å². The predicted molar refractivity (Wildman–Crippen MR) is 79.1 cm³/mol. The highest BCUT2D eigenvalue weighted by molar-refractivity contribution is 5.85. The van der Waals surface area contributed by atoms with Gasteiger partial charge in [0.05, 0.1) is 0 Å². The molecule has 0 aliphatic heterocycles. The van der Waals surface area contributed by atoms with E-state index >= 15 is 0 Å². The SMILES string of the molecule is CCCCCCC/C(C)=N\N=C(\C)CCCC. The van der Waals surface area contributed by atoms with E-state index in [-0.39, 0.29) is 0 Å². The van der Waals surface area contributed by atoms with Gasteiger partial charge in [0.25, 0.3) is 0 Å². The van der Waals surface area contributed by atoms with E-state index in [4.69, 9.17) is 0 Å². The van der Waals surface area contributed by atoms with Gasteiger partial charge >= 0.3 is 0 Å². The van der Waals surface area contributed by atoms with E-state index in [9.17, 15) is 0 Å². The molecule has 0 aromatic carbocycles. The largest absolute Gasteiger partial charge is 0.161 e. The number of hydrogen-bond donors (Lipinski definition) is 0. The molecule has 0 bridgehead atoms. The van der Waals surface area contributed by atoms with Crippen LogP contribution in [-0.2, 0) is 0 Å². The van der Waals surface area contributed by atoms with Crippen LogP contribution < -0.4 is 0 Å². The molecule has 0 saturated carbocycles. The second-order valence-electron chi connectivity index (χ2n) is 4.94. The highest BCUT2D eigenvalue weighted by Crippen LogP contribution is 2.06. The number of rotatable bonds is 10.